The molecule has 5 aromatic rings. The number of halogens is 2. The number of ketones is 1. The van der Waals surface area contributed by atoms with Crippen LogP contribution in [0.15, 0.2) is 71.9 Å². The van der Waals surface area contributed by atoms with Crippen LogP contribution in [0.25, 0.3) is 5.00 Å². The van der Waals surface area contributed by atoms with Crippen molar-refractivity contribution in [2.24, 2.45) is 10.9 Å². The Kier molecular flexibility index (Phi) is 11.0. The topological polar surface area (TPSA) is 99.8 Å². The molecule has 2 fully saturated rings. The fourth-order valence-electron chi connectivity index (χ4n) is 7.98. The Morgan fingerprint density at radius 2 is 1.51 bits per heavy atom. The van der Waals surface area contributed by atoms with Crippen molar-refractivity contribution in [1.29, 1.82) is 0 Å². The van der Waals surface area contributed by atoms with E-state index in [2.05, 4.69) is 43.4 Å². The second-order valence-corrected chi connectivity index (χ2v) is 16.9. The van der Waals surface area contributed by atoms with Crippen molar-refractivity contribution < 1.29 is 9.59 Å². The fraction of sp³-hybridized carbons (Fsp3) is 0.381. The Balaban J connectivity index is 0.850. The van der Waals surface area contributed by atoms with E-state index in [4.69, 9.17) is 28.2 Å². The molecule has 0 bridgehead atoms. The van der Waals surface area contributed by atoms with E-state index in [0.717, 1.165) is 92.9 Å². The highest BCUT2D eigenvalue weighted by Crippen LogP contribution is 2.40. The van der Waals surface area contributed by atoms with Gasteiger partial charge in [0, 0.05) is 90.7 Å². The highest BCUT2D eigenvalue weighted by atomic mass is 35.5. The Hall–Kier alpha value is -4.26. The number of carbonyl (C=O) groups is 2. The second kappa shape index (κ2) is 16.1. The van der Waals surface area contributed by atoms with Crippen LogP contribution >= 0.6 is 34.5 Å². The first-order chi connectivity index (χ1) is 26.6. The van der Waals surface area contributed by atoms with Gasteiger partial charge in [0.1, 0.15) is 22.0 Å². The van der Waals surface area contributed by atoms with E-state index >= 15 is 0 Å². The zero-order valence-corrected chi connectivity index (χ0v) is 33.7. The zero-order chi connectivity index (χ0) is 38.2. The fourth-order valence-corrected chi connectivity index (χ4v) is 9.44. The van der Waals surface area contributed by atoms with E-state index in [0.29, 0.717) is 33.0 Å². The van der Waals surface area contributed by atoms with Crippen LogP contribution in [0.5, 0.6) is 0 Å². The largest absolute Gasteiger partial charge is 0.343 e. The summed E-state index contributed by atoms with van der Waals surface area (Å²) in [5.41, 5.74) is 6.46. The van der Waals surface area contributed by atoms with Crippen LogP contribution in [-0.2, 0) is 11.3 Å². The number of fused-ring (bicyclic) bond motifs is 3. The van der Waals surface area contributed by atoms with Gasteiger partial charge in [-0.25, -0.2) is 4.98 Å². The van der Waals surface area contributed by atoms with E-state index in [1.165, 1.54) is 22.2 Å². The number of pyridine rings is 1. The minimum Gasteiger partial charge on any atom is -0.343 e. The number of hydrogen-bond acceptors (Lipinski definition) is 9. The average Bonchev–Trinajstić information content (AvgIpc) is 3.68. The van der Waals surface area contributed by atoms with Gasteiger partial charge in [0.15, 0.2) is 11.6 Å². The van der Waals surface area contributed by atoms with E-state index in [-0.39, 0.29) is 18.1 Å². The minimum atomic E-state index is -0.458. The van der Waals surface area contributed by atoms with Gasteiger partial charge in [-0.2, -0.15) is 0 Å². The minimum absolute atomic E-state index is 0.0554. The smallest absolute Gasteiger partial charge is 0.225 e. The highest BCUT2D eigenvalue weighted by molar-refractivity contribution is 7.15. The van der Waals surface area contributed by atoms with Gasteiger partial charge in [0.25, 0.3) is 0 Å². The predicted octanol–water partition coefficient (Wildman–Crippen LogP) is 7.53. The molecule has 0 saturated carbocycles. The van der Waals surface area contributed by atoms with Crippen molar-refractivity contribution in [3.63, 3.8) is 0 Å². The first kappa shape index (κ1) is 37.7. The third-order valence-electron chi connectivity index (χ3n) is 11.3. The molecule has 2 saturated heterocycles. The van der Waals surface area contributed by atoms with Gasteiger partial charge in [-0.15, -0.1) is 21.5 Å². The summed E-state index contributed by atoms with van der Waals surface area (Å²) >= 11 is 13.9. The zero-order valence-electron chi connectivity index (χ0n) is 31.3. The maximum Gasteiger partial charge on any atom is 0.225 e. The van der Waals surface area contributed by atoms with E-state index in [1.807, 2.05) is 60.4 Å². The van der Waals surface area contributed by atoms with Crippen molar-refractivity contribution >= 4 is 51.9 Å². The number of piperidine rings is 1. The number of thiophene rings is 1. The van der Waals surface area contributed by atoms with Crippen LogP contribution in [-0.4, -0.2) is 97.7 Å². The van der Waals surface area contributed by atoms with Crippen LogP contribution in [0, 0.1) is 26.7 Å². The summed E-state index contributed by atoms with van der Waals surface area (Å²) in [6.45, 7) is 13.7. The van der Waals surface area contributed by atoms with E-state index < -0.39 is 6.04 Å². The molecule has 3 aliphatic rings. The highest BCUT2D eigenvalue weighted by Gasteiger charge is 2.34. The molecule has 6 heterocycles. The molecule has 284 valence electrons. The van der Waals surface area contributed by atoms with Crippen molar-refractivity contribution in [3.8, 4) is 5.00 Å². The lowest BCUT2D eigenvalue weighted by Crippen LogP contribution is -2.48. The molecule has 3 aromatic heterocycles. The molecule has 0 unspecified atom stereocenters. The molecule has 0 spiro atoms. The lowest BCUT2D eigenvalue weighted by atomic mass is 9.95. The number of amides is 1. The van der Waals surface area contributed by atoms with Crippen molar-refractivity contribution in [1.82, 2.24) is 34.4 Å². The van der Waals surface area contributed by atoms with Gasteiger partial charge in [-0.05, 0) is 74.9 Å². The van der Waals surface area contributed by atoms with E-state index in [9.17, 15) is 9.59 Å². The van der Waals surface area contributed by atoms with Crippen LogP contribution < -0.4 is 0 Å². The number of nitrogens with zero attached hydrogens (tertiary/aromatic N) is 8. The van der Waals surface area contributed by atoms with Crippen molar-refractivity contribution in [2.45, 2.75) is 52.6 Å². The molecule has 2 aromatic carbocycles. The van der Waals surface area contributed by atoms with Crippen molar-refractivity contribution in [3.05, 3.63) is 127 Å². The third kappa shape index (κ3) is 8.04. The first-order valence-electron chi connectivity index (χ1n) is 19.0. The van der Waals surface area contributed by atoms with Crippen LogP contribution in [0.3, 0.4) is 0 Å². The van der Waals surface area contributed by atoms with Crippen molar-refractivity contribution in [2.75, 3.05) is 45.8 Å². The molecule has 0 N–H and O–H groups in total. The number of aromatic nitrogens is 4. The van der Waals surface area contributed by atoms with Crippen LogP contribution in [0.1, 0.15) is 80.0 Å². The summed E-state index contributed by atoms with van der Waals surface area (Å²) in [7, 11) is 0. The summed E-state index contributed by atoms with van der Waals surface area (Å²) in [6.07, 6.45) is 3.76. The number of aryl methyl sites for hydroxylation is 2. The molecule has 13 heteroatoms. The summed E-state index contributed by atoms with van der Waals surface area (Å²) in [5, 5.41) is 11.1. The Bertz CT molecular complexity index is 2220. The molecule has 0 aliphatic carbocycles. The van der Waals surface area contributed by atoms with Crippen LogP contribution in [0.2, 0.25) is 10.2 Å². The molecule has 8 rings (SSSR count). The number of benzene rings is 2. The lowest BCUT2D eigenvalue weighted by Gasteiger charge is -2.39. The second-order valence-electron chi connectivity index (χ2n) is 14.9. The summed E-state index contributed by atoms with van der Waals surface area (Å²) in [5.74, 6) is 2.13. The summed E-state index contributed by atoms with van der Waals surface area (Å²) in [6, 6.07) is 18.6. The van der Waals surface area contributed by atoms with Gasteiger partial charge in [0.05, 0.1) is 12.1 Å². The molecule has 10 nitrogen and oxygen atoms in total. The van der Waals surface area contributed by atoms with Gasteiger partial charge in [-0.3, -0.25) is 24.0 Å². The van der Waals surface area contributed by atoms with Gasteiger partial charge in [-0.1, -0.05) is 59.6 Å². The van der Waals surface area contributed by atoms with Gasteiger partial charge < -0.3 is 9.80 Å². The van der Waals surface area contributed by atoms with Crippen LogP contribution in [0.4, 0.5) is 0 Å². The normalized spacial score (nSPS) is 18.1. The number of aliphatic imine (C=N–C) groups is 1. The monoisotopic (exact) mass is 794 g/mol. The standard InChI is InChI=1S/C42H44Cl2N8O2S/c1-26-27(2)55-42-38(26)39(31-8-11-34(43)12-9-31)46-35(41-48-47-28(3)52(41)42)22-37(53)51-16-14-30(15-17-51)25-50-20-18-49(19-21-50)24-29-4-6-32(7-5-29)40(54)33-10-13-36(44)45-23-33/h4-13,23,30,35H,14-22,24-25H2,1-3H3/t35-/m0/s1. The summed E-state index contributed by atoms with van der Waals surface area (Å²) < 4.78 is 2.11. The van der Waals surface area contributed by atoms with Gasteiger partial charge in [0.2, 0.25) is 5.91 Å². The Morgan fingerprint density at radius 1 is 0.818 bits per heavy atom. The lowest BCUT2D eigenvalue weighted by molar-refractivity contribution is -0.133. The number of rotatable bonds is 9. The Labute approximate surface area is 335 Å². The number of hydrogen-bond donors (Lipinski definition) is 0. The molecule has 55 heavy (non-hydrogen) atoms. The molecule has 1 atom stereocenters. The average molecular weight is 796 g/mol. The maximum atomic E-state index is 14.0. The number of piperazine rings is 1. The number of carbonyl (C=O) groups excluding carboxylic acids is 2. The Morgan fingerprint density at radius 3 is 2.20 bits per heavy atom. The molecule has 3 aliphatic heterocycles. The SMILES string of the molecule is Cc1sc2c(c1C)C(c1ccc(Cl)cc1)=N[C@@H](CC(=O)N1CCC(CN3CCN(Cc4ccc(C(=O)c5ccc(Cl)nc5)cc4)CC3)CC1)c1nnc(C)n1-2. The van der Waals surface area contributed by atoms with Gasteiger partial charge >= 0.3 is 0 Å². The quantitative estimate of drug-likeness (QED) is 0.112. The summed E-state index contributed by atoms with van der Waals surface area (Å²) in [4.78, 5) is 44.4. The maximum absolute atomic E-state index is 14.0. The third-order valence-corrected chi connectivity index (χ3v) is 13.0. The molecular weight excluding hydrogens is 751 g/mol. The first-order valence-corrected chi connectivity index (χ1v) is 20.5. The van der Waals surface area contributed by atoms with E-state index in [1.54, 1.807) is 23.5 Å². The predicted molar refractivity (Wildman–Crippen MR) is 218 cm³/mol. The molecule has 0 radical (unpaired) electrons. The molecular formula is C42H44Cl2N8O2S. The molecule has 1 amide bonds. The number of likely N-dealkylation sites (tertiary alicyclic amines) is 1.